The molecule has 18 heavy (non-hydrogen) atoms. The van der Waals surface area contributed by atoms with Crippen LogP contribution in [0.4, 0.5) is 0 Å². The van der Waals surface area contributed by atoms with Crippen LogP contribution in [0.1, 0.15) is 29.9 Å². The lowest BCUT2D eigenvalue weighted by Crippen LogP contribution is -2.18. The van der Waals surface area contributed by atoms with E-state index < -0.39 is 0 Å². The van der Waals surface area contributed by atoms with Gasteiger partial charge in [0.1, 0.15) is 0 Å². The number of hydrogen-bond acceptors (Lipinski definition) is 4. The van der Waals surface area contributed by atoms with Crippen LogP contribution in [-0.4, -0.2) is 27.3 Å². The third-order valence-corrected chi connectivity index (χ3v) is 4.23. The molecule has 2 rings (SSSR count). The molecule has 2 aromatic rings. The second-order valence-electron chi connectivity index (χ2n) is 4.35. The third kappa shape index (κ3) is 2.30. The fourth-order valence-electron chi connectivity index (χ4n) is 1.82. The fraction of sp³-hybridized carbons (Fsp3) is 0.417. The summed E-state index contributed by atoms with van der Waals surface area (Å²) in [6.45, 7) is 6.15. The monoisotopic (exact) mass is 309 g/mol. The van der Waals surface area contributed by atoms with E-state index in [1.807, 2.05) is 14.0 Å². The zero-order valence-electron chi connectivity index (χ0n) is 10.9. The van der Waals surface area contributed by atoms with Gasteiger partial charge in [0.2, 0.25) is 0 Å². The Bertz CT molecular complexity index is 540. The van der Waals surface area contributed by atoms with Crippen molar-refractivity contribution in [3.05, 3.63) is 33.6 Å². The second kappa shape index (κ2) is 5.16. The van der Waals surface area contributed by atoms with Crippen molar-refractivity contribution in [3.63, 3.8) is 0 Å². The number of nitrogens with one attached hydrogen (secondary N) is 1. The molecule has 1 unspecified atom stereocenters. The molecule has 0 fully saturated rings. The van der Waals surface area contributed by atoms with E-state index in [0.717, 1.165) is 16.0 Å². The maximum Gasteiger partial charge on any atom is 0.173 e. The van der Waals surface area contributed by atoms with Crippen LogP contribution in [0.15, 0.2) is 16.6 Å². The van der Waals surface area contributed by atoms with E-state index in [4.69, 9.17) is 0 Å². The molecule has 0 aliphatic carbocycles. The Morgan fingerprint density at radius 1 is 1.28 bits per heavy atom. The molecule has 0 radical (unpaired) electrons. The highest BCUT2D eigenvalue weighted by Gasteiger charge is 2.15. The Morgan fingerprint density at radius 3 is 2.44 bits per heavy atom. The molecule has 0 saturated heterocycles. The van der Waals surface area contributed by atoms with Crippen LogP contribution in [0, 0.1) is 13.8 Å². The molecule has 0 saturated carbocycles. The summed E-state index contributed by atoms with van der Waals surface area (Å²) in [5.41, 5.74) is 3.32. The van der Waals surface area contributed by atoms with Gasteiger partial charge >= 0.3 is 0 Å². The van der Waals surface area contributed by atoms with Crippen molar-refractivity contribution in [1.82, 2.24) is 25.5 Å². The lowest BCUT2D eigenvalue weighted by atomic mass is 10.1. The number of tetrazole rings is 1. The summed E-state index contributed by atoms with van der Waals surface area (Å²) >= 11 is 3.56. The molecular formula is C12H16BrN5. The van der Waals surface area contributed by atoms with Crippen molar-refractivity contribution in [2.24, 2.45) is 0 Å². The Hall–Kier alpha value is -1.27. The van der Waals surface area contributed by atoms with Crippen LogP contribution in [-0.2, 0) is 0 Å². The zero-order chi connectivity index (χ0) is 13.3. The normalized spacial score (nSPS) is 12.7. The zero-order valence-corrected chi connectivity index (χ0v) is 12.5. The largest absolute Gasteiger partial charge is 0.311 e. The minimum Gasteiger partial charge on any atom is -0.311 e. The van der Waals surface area contributed by atoms with E-state index in [-0.39, 0.29) is 6.04 Å². The van der Waals surface area contributed by atoms with Crippen molar-refractivity contribution < 1.29 is 0 Å². The molecule has 96 valence electrons. The van der Waals surface area contributed by atoms with Gasteiger partial charge in [-0.15, -0.1) is 5.10 Å². The summed E-state index contributed by atoms with van der Waals surface area (Å²) in [6.07, 6.45) is 0. The van der Waals surface area contributed by atoms with Gasteiger partial charge in [-0.1, -0.05) is 15.9 Å². The summed E-state index contributed by atoms with van der Waals surface area (Å²) in [5, 5.41) is 15.0. The van der Waals surface area contributed by atoms with E-state index in [2.05, 4.69) is 62.8 Å². The molecule has 1 N–H and O–H groups in total. The van der Waals surface area contributed by atoms with Gasteiger partial charge in [0, 0.05) is 4.47 Å². The summed E-state index contributed by atoms with van der Waals surface area (Å²) in [4.78, 5) is 0. The van der Waals surface area contributed by atoms with Gasteiger partial charge in [-0.2, -0.15) is 4.68 Å². The summed E-state index contributed by atoms with van der Waals surface area (Å²) in [7, 11) is 1.89. The predicted octanol–water partition coefficient (Wildman–Crippen LogP) is 2.32. The Labute approximate surface area is 115 Å². The molecule has 5 nitrogen and oxygen atoms in total. The summed E-state index contributed by atoms with van der Waals surface area (Å²) < 4.78 is 2.90. The molecule has 0 aliphatic heterocycles. The number of halogens is 1. The molecular weight excluding hydrogens is 294 g/mol. The molecule has 1 heterocycles. The number of aromatic nitrogens is 4. The van der Waals surface area contributed by atoms with Crippen LogP contribution in [0.25, 0.3) is 5.69 Å². The SMILES string of the molecule is CNC(C)c1nnnn1-c1cc(C)c(Br)c(C)c1. The van der Waals surface area contributed by atoms with Crippen molar-refractivity contribution in [3.8, 4) is 5.69 Å². The lowest BCUT2D eigenvalue weighted by molar-refractivity contribution is 0.588. The van der Waals surface area contributed by atoms with Crippen molar-refractivity contribution in [2.75, 3.05) is 7.05 Å². The lowest BCUT2D eigenvalue weighted by Gasteiger charge is -2.12. The minimum absolute atomic E-state index is 0.101. The van der Waals surface area contributed by atoms with Crippen molar-refractivity contribution >= 4 is 15.9 Å². The molecule has 0 spiro atoms. The minimum atomic E-state index is 0.101. The van der Waals surface area contributed by atoms with Crippen molar-refractivity contribution in [1.29, 1.82) is 0 Å². The second-order valence-corrected chi connectivity index (χ2v) is 5.15. The van der Waals surface area contributed by atoms with Gasteiger partial charge in [-0.3, -0.25) is 0 Å². The Balaban J connectivity index is 2.53. The highest BCUT2D eigenvalue weighted by Crippen LogP contribution is 2.25. The van der Waals surface area contributed by atoms with Gasteiger partial charge in [-0.25, -0.2) is 0 Å². The first-order valence-corrected chi connectivity index (χ1v) is 6.56. The van der Waals surface area contributed by atoms with Gasteiger partial charge in [-0.05, 0) is 61.5 Å². The fourth-order valence-corrected chi connectivity index (χ4v) is 2.05. The van der Waals surface area contributed by atoms with Crippen LogP contribution in [0.3, 0.4) is 0 Å². The van der Waals surface area contributed by atoms with E-state index >= 15 is 0 Å². The molecule has 0 amide bonds. The Morgan fingerprint density at radius 2 is 1.89 bits per heavy atom. The first-order valence-electron chi connectivity index (χ1n) is 5.77. The smallest absolute Gasteiger partial charge is 0.173 e. The number of hydrogen-bond donors (Lipinski definition) is 1. The van der Waals surface area contributed by atoms with Crippen LogP contribution < -0.4 is 5.32 Å². The quantitative estimate of drug-likeness (QED) is 0.945. The maximum atomic E-state index is 4.07. The van der Waals surface area contributed by atoms with Crippen LogP contribution >= 0.6 is 15.9 Å². The third-order valence-electron chi connectivity index (χ3n) is 2.98. The standard InChI is InChI=1S/C12H16BrN5/c1-7-5-10(6-8(2)11(7)13)18-12(9(3)14-4)15-16-17-18/h5-6,9,14H,1-4H3. The van der Waals surface area contributed by atoms with Gasteiger partial charge in [0.05, 0.1) is 11.7 Å². The van der Waals surface area contributed by atoms with E-state index in [1.165, 1.54) is 11.1 Å². The van der Waals surface area contributed by atoms with Gasteiger partial charge in [0.15, 0.2) is 5.82 Å². The van der Waals surface area contributed by atoms with E-state index in [1.54, 1.807) is 4.68 Å². The average molecular weight is 310 g/mol. The number of benzene rings is 1. The molecule has 1 aromatic carbocycles. The number of aryl methyl sites for hydroxylation is 2. The first-order chi connectivity index (χ1) is 8.54. The average Bonchev–Trinajstić information content (AvgIpc) is 2.83. The molecule has 1 atom stereocenters. The maximum absolute atomic E-state index is 4.07. The molecule has 6 heteroatoms. The molecule has 0 bridgehead atoms. The Kier molecular flexibility index (Phi) is 3.77. The molecule has 0 aliphatic rings. The van der Waals surface area contributed by atoms with Gasteiger partial charge < -0.3 is 5.32 Å². The summed E-state index contributed by atoms with van der Waals surface area (Å²) in [5.74, 6) is 0.804. The summed E-state index contributed by atoms with van der Waals surface area (Å²) in [6, 6.07) is 4.24. The molecule has 1 aromatic heterocycles. The number of rotatable bonds is 3. The predicted molar refractivity (Wildman–Crippen MR) is 73.8 cm³/mol. The highest BCUT2D eigenvalue weighted by molar-refractivity contribution is 9.10. The van der Waals surface area contributed by atoms with E-state index in [0.29, 0.717) is 0 Å². The van der Waals surface area contributed by atoms with E-state index in [9.17, 15) is 0 Å². The van der Waals surface area contributed by atoms with Crippen LogP contribution in [0.2, 0.25) is 0 Å². The first kappa shape index (κ1) is 13.2. The number of nitrogens with zero attached hydrogens (tertiary/aromatic N) is 4. The highest BCUT2D eigenvalue weighted by atomic mass is 79.9. The topological polar surface area (TPSA) is 55.6 Å². The van der Waals surface area contributed by atoms with Gasteiger partial charge in [0.25, 0.3) is 0 Å². The van der Waals surface area contributed by atoms with Crippen LogP contribution in [0.5, 0.6) is 0 Å². The van der Waals surface area contributed by atoms with Crippen molar-refractivity contribution in [2.45, 2.75) is 26.8 Å².